The molecule has 0 saturated carbocycles. The molecule has 3 aromatic carbocycles. The third-order valence-corrected chi connectivity index (χ3v) is 5.13. The number of anilines is 1. The van der Waals surface area contributed by atoms with Crippen molar-refractivity contribution in [1.82, 2.24) is 0 Å². The summed E-state index contributed by atoms with van der Waals surface area (Å²) in [6.07, 6.45) is 3.09. The van der Waals surface area contributed by atoms with Crippen LogP contribution < -0.4 is 4.90 Å². The van der Waals surface area contributed by atoms with Crippen molar-refractivity contribution in [1.29, 1.82) is 0 Å². The Hall–Kier alpha value is -3.92. The monoisotopic (exact) mass is 395 g/mol. The van der Waals surface area contributed by atoms with Gasteiger partial charge in [-0.1, -0.05) is 84.4 Å². The number of aryl methyl sites for hydroxylation is 1. The SMILES string of the molecule is Cc1ccc(N2C(=O)C(O)=C(C(=O)C=Cc3ccccc3)C2c2ccccc2)cc1. The Kier molecular flexibility index (Phi) is 5.31. The fraction of sp³-hybridized carbons (Fsp3) is 0.0769. The highest BCUT2D eigenvalue weighted by Gasteiger charge is 2.43. The maximum Gasteiger partial charge on any atom is 0.294 e. The van der Waals surface area contributed by atoms with Gasteiger partial charge in [0.2, 0.25) is 0 Å². The number of carbonyl (C=O) groups excluding carboxylic acids is 2. The smallest absolute Gasteiger partial charge is 0.294 e. The number of benzene rings is 3. The fourth-order valence-electron chi connectivity index (χ4n) is 3.61. The summed E-state index contributed by atoms with van der Waals surface area (Å²) in [7, 11) is 0. The van der Waals surface area contributed by atoms with Gasteiger partial charge in [0.15, 0.2) is 11.5 Å². The molecule has 0 fully saturated rings. The maximum absolute atomic E-state index is 13.1. The van der Waals surface area contributed by atoms with Gasteiger partial charge in [0, 0.05) is 5.69 Å². The molecule has 0 saturated heterocycles. The Morgan fingerprint density at radius 1 is 0.900 bits per heavy atom. The molecule has 30 heavy (non-hydrogen) atoms. The van der Waals surface area contributed by atoms with Crippen molar-refractivity contribution >= 4 is 23.5 Å². The lowest BCUT2D eigenvalue weighted by Gasteiger charge is -2.26. The van der Waals surface area contributed by atoms with E-state index in [1.165, 1.54) is 11.0 Å². The zero-order valence-corrected chi connectivity index (χ0v) is 16.5. The summed E-state index contributed by atoms with van der Waals surface area (Å²) < 4.78 is 0. The highest BCUT2D eigenvalue weighted by Crippen LogP contribution is 2.41. The van der Waals surface area contributed by atoms with Crippen molar-refractivity contribution in [2.75, 3.05) is 4.90 Å². The van der Waals surface area contributed by atoms with Gasteiger partial charge < -0.3 is 5.11 Å². The van der Waals surface area contributed by atoms with Crippen LogP contribution in [0.3, 0.4) is 0 Å². The first-order valence-corrected chi connectivity index (χ1v) is 9.72. The molecule has 1 aliphatic heterocycles. The largest absolute Gasteiger partial charge is 0.503 e. The number of aliphatic hydroxyl groups is 1. The van der Waals surface area contributed by atoms with Crippen molar-refractivity contribution in [2.45, 2.75) is 13.0 Å². The van der Waals surface area contributed by atoms with Crippen LogP contribution in [0.1, 0.15) is 22.7 Å². The number of hydrogen-bond acceptors (Lipinski definition) is 3. The lowest BCUT2D eigenvalue weighted by atomic mass is 9.95. The Bertz CT molecular complexity index is 1130. The Balaban J connectivity index is 1.77. The summed E-state index contributed by atoms with van der Waals surface area (Å²) in [5, 5.41) is 10.7. The summed E-state index contributed by atoms with van der Waals surface area (Å²) in [5.74, 6) is -1.48. The van der Waals surface area contributed by atoms with Crippen LogP contribution in [0.2, 0.25) is 0 Å². The van der Waals surface area contributed by atoms with Crippen LogP contribution in [0, 0.1) is 6.92 Å². The molecule has 3 aromatic rings. The average molecular weight is 395 g/mol. The molecular formula is C26H21NO3. The highest BCUT2D eigenvalue weighted by atomic mass is 16.3. The number of carbonyl (C=O) groups is 2. The van der Waals surface area contributed by atoms with E-state index >= 15 is 0 Å². The number of hydrogen-bond donors (Lipinski definition) is 1. The van der Waals surface area contributed by atoms with Crippen LogP contribution in [0.4, 0.5) is 5.69 Å². The van der Waals surface area contributed by atoms with E-state index in [0.29, 0.717) is 5.69 Å². The molecule has 1 atom stereocenters. The standard InChI is InChI=1S/C26H21NO3/c1-18-12-15-21(16-13-18)27-24(20-10-6-3-7-11-20)23(25(29)26(27)30)22(28)17-14-19-8-4-2-5-9-19/h2-17,24,29H,1H3. The molecule has 148 valence electrons. The van der Waals surface area contributed by atoms with Gasteiger partial charge in [0.1, 0.15) is 0 Å². The molecule has 0 aromatic heterocycles. The van der Waals surface area contributed by atoms with Gasteiger partial charge >= 0.3 is 0 Å². The summed E-state index contributed by atoms with van der Waals surface area (Å²) in [6.45, 7) is 1.96. The van der Waals surface area contributed by atoms with Gasteiger partial charge in [0.05, 0.1) is 11.6 Å². The number of nitrogens with zero attached hydrogens (tertiary/aromatic N) is 1. The van der Waals surface area contributed by atoms with Crippen LogP contribution in [0.25, 0.3) is 6.08 Å². The van der Waals surface area contributed by atoms with E-state index in [-0.39, 0.29) is 5.57 Å². The fourth-order valence-corrected chi connectivity index (χ4v) is 3.61. The molecule has 1 unspecified atom stereocenters. The summed E-state index contributed by atoms with van der Waals surface area (Å²) in [4.78, 5) is 27.6. The molecule has 0 spiro atoms. The highest BCUT2D eigenvalue weighted by molar-refractivity contribution is 6.19. The van der Waals surface area contributed by atoms with Crippen LogP contribution in [-0.2, 0) is 9.59 Å². The zero-order valence-electron chi connectivity index (χ0n) is 16.5. The van der Waals surface area contributed by atoms with E-state index in [0.717, 1.165) is 16.7 Å². The normalized spacial score (nSPS) is 16.5. The lowest BCUT2D eigenvalue weighted by Crippen LogP contribution is -2.30. The van der Waals surface area contributed by atoms with E-state index < -0.39 is 23.5 Å². The van der Waals surface area contributed by atoms with Crippen molar-refractivity contribution in [3.8, 4) is 0 Å². The van der Waals surface area contributed by atoms with E-state index in [1.54, 1.807) is 6.08 Å². The molecule has 4 heteroatoms. The predicted octanol–water partition coefficient (Wildman–Crippen LogP) is 5.18. The third kappa shape index (κ3) is 3.67. The minimum atomic E-state index is -0.700. The quantitative estimate of drug-likeness (QED) is 0.606. The van der Waals surface area contributed by atoms with Gasteiger partial charge in [-0.2, -0.15) is 0 Å². The van der Waals surface area contributed by atoms with Gasteiger partial charge in [-0.15, -0.1) is 0 Å². The molecular weight excluding hydrogens is 374 g/mol. The van der Waals surface area contributed by atoms with Gasteiger partial charge in [0.25, 0.3) is 5.91 Å². The predicted molar refractivity (Wildman–Crippen MR) is 118 cm³/mol. The Morgan fingerprint density at radius 3 is 2.13 bits per heavy atom. The van der Waals surface area contributed by atoms with Gasteiger partial charge in [-0.3, -0.25) is 14.5 Å². The second-order valence-corrected chi connectivity index (χ2v) is 7.19. The van der Waals surface area contributed by atoms with E-state index in [4.69, 9.17) is 0 Å². The van der Waals surface area contributed by atoms with Crippen molar-refractivity contribution in [3.05, 3.63) is 119 Å². The minimum Gasteiger partial charge on any atom is -0.503 e. The number of ketones is 1. The maximum atomic E-state index is 13.1. The van der Waals surface area contributed by atoms with Crippen molar-refractivity contribution in [3.63, 3.8) is 0 Å². The van der Waals surface area contributed by atoms with Crippen LogP contribution >= 0.6 is 0 Å². The number of aliphatic hydroxyl groups excluding tert-OH is 1. The van der Waals surface area contributed by atoms with Crippen molar-refractivity contribution < 1.29 is 14.7 Å². The molecule has 0 aliphatic carbocycles. The number of amides is 1. The number of allylic oxidation sites excluding steroid dienone is 1. The van der Waals surface area contributed by atoms with E-state index in [2.05, 4.69) is 0 Å². The summed E-state index contributed by atoms with van der Waals surface area (Å²) in [6, 6.07) is 25.4. The van der Waals surface area contributed by atoms with Crippen LogP contribution in [0.5, 0.6) is 0 Å². The second-order valence-electron chi connectivity index (χ2n) is 7.19. The molecule has 0 radical (unpaired) electrons. The van der Waals surface area contributed by atoms with E-state index in [1.807, 2.05) is 91.9 Å². The second kappa shape index (κ2) is 8.21. The topological polar surface area (TPSA) is 57.6 Å². The average Bonchev–Trinajstić information content (AvgIpc) is 3.05. The van der Waals surface area contributed by atoms with Gasteiger partial charge in [-0.25, -0.2) is 0 Å². The molecule has 0 bridgehead atoms. The van der Waals surface area contributed by atoms with Crippen molar-refractivity contribution in [2.24, 2.45) is 0 Å². The molecule has 4 rings (SSSR count). The molecule has 4 nitrogen and oxygen atoms in total. The Labute approximate surface area is 175 Å². The first-order chi connectivity index (χ1) is 14.6. The molecule has 1 amide bonds. The first-order valence-electron chi connectivity index (χ1n) is 9.72. The summed E-state index contributed by atoms with van der Waals surface area (Å²) in [5.41, 5.74) is 3.38. The first kappa shape index (κ1) is 19.4. The van der Waals surface area contributed by atoms with Gasteiger partial charge in [-0.05, 0) is 36.3 Å². The zero-order chi connectivity index (χ0) is 21.1. The minimum absolute atomic E-state index is 0.0824. The van der Waals surface area contributed by atoms with Crippen LogP contribution in [-0.4, -0.2) is 16.8 Å². The number of rotatable bonds is 5. The van der Waals surface area contributed by atoms with E-state index in [9.17, 15) is 14.7 Å². The molecule has 1 N–H and O–H groups in total. The third-order valence-electron chi connectivity index (χ3n) is 5.13. The van der Waals surface area contributed by atoms with Crippen LogP contribution in [0.15, 0.2) is 102 Å². The Morgan fingerprint density at radius 2 is 1.50 bits per heavy atom. The lowest BCUT2D eigenvalue weighted by molar-refractivity contribution is -0.117. The molecule has 1 heterocycles. The molecule has 1 aliphatic rings. The summed E-state index contributed by atoms with van der Waals surface area (Å²) >= 11 is 0.